The topological polar surface area (TPSA) is 24.5 Å². The average Bonchev–Trinajstić information content (AvgIpc) is 2.45. The van der Waals surface area contributed by atoms with Crippen LogP contribution in [0.3, 0.4) is 0 Å². The first-order chi connectivity index (χ1) is 8.85. The first-order valence-corrected chi connectivity index (χ1v) is 7.70. The second kappa shape index (κ2) is 7.02. The summed E-state index contributed by atoms with van der Waals surface area (Å²) in [5.41, 5.74) is 1.35. The van der Waals surface area contributed by atoms with E-state index >= 15 is 0 Å². The van der Waals surface area contributed by atoms with E-state index in [4.69, 9.17) is 4.74 Å². The summed E-state index contributed by atoms with van der Waals surface area (Å²) in [6, 6.07) is 6.31. The molecule has 1 aromatic carbocycles. The summed E-state index contributed by atoms with van der Waals surface area (Å²) < 4.78 is 5.48. The number of piperazine rings is 1. The highest BCUT2D eigenvalue weighted by Gasteiger charge is 2.13. The monoisotopic (exact) mass is 266 g/mol. The highest BCUT2D eigenvalue weighted by atomic mass is 32.2. The van der Waals surface area contributed by atoms with E-state index in [-0.39, 0.29) is 0 Å². The molecule has 0 unspecified atom stereocenters. The minimum absolute atomic E-state index is 1.02. The zero-order valence-electron chi connectivity index (χ0n) is 11.2. The normalized spacial score (nSPS) is 16.8. The van der Waals surface area contributed by atoms with Crippen LogP contribution in [-0.4, -0.2) is 51.0 Å². The third-order valence-electron chi connectivity index (χ3n) is 3.42. The van der Waals surface area contributed by atoms with Gasteiger partial charge in [-0.2, -0.15) is 0 Å². The van der Waals surface area contributed by atoms with Crippen LogP contribution in [0.1, 0.15) is 5.56 Å². The van der Waals surface area contributed by atoms with Gasteiger partial charge in [0.2, 0.25) is 0 Å². The van der Waals surface area contributed by atoms with E-state index in [1.165, 1.54) is 10.5 Å². The minimum atomic E-state index is 1.02. The van der Waals surface area contributed by atoms with Crippen molar-refractivity contribution in [2.75, 3.05) is 46.1 Å². The molecule has 0 radical (unpaired) electrons. The summed E-state index contributed by atoms with van der Waals surface area (Å²) in [6.07, 6.45) is 3.20. The molecule has 1 N–H and O–H groups in total. The lowest BCUT2D eigenvalue weighted by Gasteiger charge is -2.27. The molecule has 0 bridgehead atoms. The molecule has 1 heterocycles. The van der Waals surface area contributed by atoms with Gasteiger partial charge in [0.25, 0.3) is 0 Å². The van der Waals surface area contributed by atoms with E-state index in [0.29, 0.717) is 0 Å². The number of nitrogens with one attached hydrogen (secondary N) is 1. The summed E-state index contributed by atoms with van der Waals surface area (Å²) in [5, 5.41) is 3.39. The zero-order valence-corrected chi connectivity index (χ0v) is 12.1. The summed E-state index contributed by atoms with van der Waals surface area (Å²) in [6.45, 7) is 5.66. The number of hydrogen-bond donors (Lipinski definition) is 1. The van der Waals surface area contributed by atoms with Crippen molar-refractivity contribution >= 4 is 11.8 Å². The molecule has 0 aliphatic carbocycles. The Morgan fingerprint density at radius 3 is 2.78 bits per heavy atom. The van der Waals surface area contributed by atoms with Crippen molar-refractivity contribution in [1.82, 2.24) is 10.2 Å². The predicted molar refractivity (Wildman–Crippen MR) is 77.8 cm³/mol. The molecule has 0 aromatic heterocycles. The van der Waals surface area contributed by atoms with Crippen molar-refractivity contribution in [3.05, 3.63) is 23.8 Å². The van der Waals surface area contributed by atoms with Crippen molar-refractivity contribution in [2.24, 2.45) is 0 Å². The third-order valence-corrected chi connectivity index (χ3v) is 4.24. The van der Waals surface area contributed by atoms with Crippen LogP contribution in [-0.2, 0) is 6.42 Å². The van der Waals surface area contributed by atoms with Crippen molar-refractivity contribution in [1.29, 1.82) is 0 Å². The van der Waals surface area contributed by atoms with Gasteiger partial charge in [-0.05, 0) is 24.8 Å². The maximum Gasteiger partial charge on any atom is 0.123 e. The summed E-state index contributed by atoms with van der Waals surface area (Å²) in [7, 11) is 1.76. The molecule has 3 nitrogen and oxygen atoms in total. The lowest BCUT2D eigenvalue weighted by Crippen LogP contribution is -2.44. The summed E-state index contributed by atoms with van der Waals surface area (Å²) >= 11 is 1.80. The Bertz CT molecular complexity index is 356. The highest BCUT2D eigenvalue weighted by Crippen LogP contribution is 2.29. The van der Waals surface area contributed by atoms with E-state index in [1.807, 2.05) is 0 Å². The van der Waals surface area contributed by atoms with Gasteiger partial charge in [-0.1, -0.05) is 6.07 Å². The fraction of sp³-hybridized carbons (Fsp3) is 0.571. The molecule has 0 spiro atoms. The van der Waals surface area contributed by atoms with Crippen molar-refractivity contribution in [3.63, 3.8) is 0 Å². The van der Waals surface area contributed by atoms with E-state index in [0.717, 1.165) is 44.9 Å². The molecule has 1 saturated heterocycles. The van der Waals surface area contributed by atoms with Gasteiger partial charge in [-0.15, -0.1) is 11.8 Å². The number of ether oxygens (including phenoxy) is 1. The van der Waals surface area contributed by atoms with Gasteiger partial charge in [0.05, 0.1) is 7.11 Å². The van der Waals surface area contributed by atoms with E-state index in [2.05, 4.69) is 34.7 Å². The first kappa shape index (κ1) is 13.7. The van der Waals surface area contributed by atoms with Gasteiger partial charge in [-0.25, -0.2) is 0 Å². The van der Waals surface area contributed by atoms with E-state index in [9.17, 15) is 0 Å². The van der Waals surface area contributed by atoms with Gasteiger partial charge < -0.3 is 15.0 Å². The maximum absolute atomic E-state index is 5.48. The van der Waals surface area contributed by atoms with Crippen molar-refractivity contribution < 1.29 is 4.74 Å². The lowest BCUT2D eigenvalue weighted by molar-refractivity contribution is 0.242. The van der Waals surface area contributed by atoms with Crippen LogP contribution in [0.4, 0.5) is 0 Å². The van der Waals surface area contributed by atoms with Crippen LogP contribution in [0.15, 0.2) is 23.1 Å². The van der Waals surface area contributed by atoms with E-state index < -0.39 is 0 Å². The number of rotatable bonds is 5. The smallest absolute Gasteiger partial charge is 0.123 e. The molecular weight excluding hydrogens is 244 g/mol. The predicted octanol–water partition coefficient (Wildman–Crippen LogP) is 1.86. The molecule has 1 fully saturated rings. The largest absolute Gasteiger partial charge is 0.496 e. The fourth-order valence-electron chi connectivity index (χ4n) is 2.38. The molecule has 1 aromatic rings. The van der Waals surface area contributed by atoms with Crippen LogP contribution >= 0.6 is 11.8 Å². The molecule has 4 heteroatoms. The van der Waals surface area contributed by atoms with Crippen LogP contribution in [0.2, 0.25) is 0 Å². The van der Waals surface area contributed by atoms with Gasteiger partial charge in [-0.3, -0.25) is 0 Å². The van der Waals surface area contributed by atoms with Gasteiger partial charge in [0.1, 0.15) is 5.75 Å². The molecule has 1 aliphatic rings. The summed E-state index contributed by atoms with van der Waals surface area (Å²) in [5.74, 6) is 1.02. The number of nitrogens with zero attached hydrogens (tertiary/aromatic N) is 1. The standard InChI is InChI=1S/C14H22N2OS/c1-17-13-4-3-5-14(18-2)12(13)6-9-16-10-7-15-8-11-16/h3-5,15H,6-11H2,1-2H3. The molecule has 18 heavy (non-hydrogen) atoms. The summed E-state index contributed by atoms with van der Waals surface area (Å²) in [4.78, 5) is 3.86. The van der Waals surface area contributed by atoms with Crippen LogP contribution in [0.5, 0.6) is 5.75 Å². The Balaban J connectivity index is 2.02. The third kappa shape index (κ3) is 3.40. The Hall–Kier alpha value is -0.710. The molecule has 0 amide bonds. The zero-order chi connectivity index (χ0) is 12.8. The SMILES string of the molecule is COc1cccc(SC)c1CCN1CCNCC1. The lowest BCUT2D eigenvalue weighted by atomic mass is 10.1. The minimum Gasteiger partial charge on any atom is -0.496 e. The van der Waals surface area contributed by atoms with Gasteiger partial charge in [0, 0.05) is 43.2 Å². The molecule has 100 valence electrons. The van der Waals surface area contributed by atoms with E-state index in [1.54, 1.807) is 18.9 Å². The molecular formula is C14H22N2OS. The Morgan fingerprint density at radius 1 is 1.33 bits per heavy atom. The van der Waals surface area contributed by atoms with Crippen molar-refractivity contribution in [3.8, 4) is 5.75 Å². The Morgan fingerprint density at radius 2 is 2.11 bits per heavy atom. The van der Waals surface area contributed by atoms with Crippen LogP contribution < -0.4 is 10.1 Å². The van der Waals surface area contributed by atoms with Gasteiger partial charge >= 0.3 is 0 Å². The number of thioether (sulfide) groups is 1. The Labute approximate surface area is 114 Å². The Kier molecular flexibility index (Phi) is 5.35. The average molecular weight is 266 g/mol. The fourth-order valence-corrected chi connectivity index (χ4v) is 3.04. The quantitative estimate of drug-likeness (QED) is 0.822. The molecule has 2 rings (SSSR count). The number of hydrogen-bond acceptors (Lipinski definition) is 4. The second-order valence-corrected chi connectivity index (χ2v) is 5.33. The molecule has 1 aliphatic heterocycles. The molecule has 0 saturated carbocycles. The molecule has 0 atom stereocenters. The highest BCUT2D eigenvalue weighted by molar-refractivity contribution is 7.98. The van der Waals surface area contributed by atoms with Gasteiger partial charge in [0.15, 0.2) is 0 Å². The van der Waals surface area contributed by atoms with Crippen LogP contribution in [0, 0.1) is 0 Å². The number of methoxy groups -OCH3 is 1. The maximum atomic E-state index is 5.48. The first-order valence-electron chi connectivity index (χ1n) is 6.48. The van der Waals surface area contributed by atoms with Crippen LogP contribution in [0.25, 0.3) is 0 Å². The number of benzene rings is 1. The van der Waals surface area contributed by atoms with Crippen molar-refractivity contribution in [2.45, 2.75) is 11.3 Å². The second-order valence-electron chi connectivity index (χ2n) is 4.48.